The minimum Gasteiger partial charge on any atom is -0.387 e. The molecule has 7 nitrogen and oxygen atoms in total. The highest BCUT2D eigenvalue weighted by molar-refractivity contribution is 7.09. The van der Waals surface area contributed by atoms with E-state index in [0.29, 0.717) is 17.6 Å². The van der Waals surface area contributed by atoms with Gasteiger partial charge in [0.05, 0.1) is 21.7 Å². The van der Waals surface area contributed by atoms with Crippen molar-refractivity contribution in [1.29, 1.82) is 0 Å². The first-order valence-electron chi connectivity index (χ1n) is 7.98. The van der Waals surface area contributed by atoms with E-state index in [1.807, 2.05) is 24.5 Å². The zero-order valence-corrected chi connectivity index (χ0v) is 14.8. The second-order valence-electron chi connectivity index (χ2n) is 5.86. The number of nitro groups is 1. The number of allylic oxidation sites excluding steroid dienone is 3. The van der Waals surface area contributed by atoms with Crippen LogP contribution in [0.5, 0.6) is 0 Å². The standard InChI is InChI=1S/C18H17N3O4S/c1-11-20-16(10-26-11)13-2-3-14(8-13)18(23)19-9-17(22)12-4-6-15(7-5-12)21(24)25/h2,4-8,10,17,22H,3,9H2,1H3,(H,19,23). The molecule has 0 fully saturated rings. The van der Waals surface area contributed by atoms with Crippen LogP contribution in [0.25, 0.3) is 5.57 Å². The molecule has 134 valence electrons. The van der Waals surface area contributed by atoms with Gasteiger partial charge in [-0.05, 0) is 42.7 Å². The van der Waals surface area contributed by atoms with Gasteiger partial charge in [0.1, 0.15) is 0 Å². The second kappa shape index (κ2) is 7.59. The maximum Gasteiger partial charge on any atom is 0.269 e. The Bertz CT molecular complexity index is 899. The summed E-state index contributed by atoms with van der Waals surface area (Å²) in [7, 11) is 0. The summed E-state index contributed by atoms with van der Waals surface area (Å²) in [5, 5.41) is 26.4. The third-order valence-electron chi connectivity index (χ3n) is 4.02. The summed E-state index contributed by atoms with van der Waals surface area (Å²) in [6.45, 7) is 1.96. The van der Waals surface area contributed by atoms with Gasteiger partial charge >= 0.3 is 0 Å². The minimum atomic E-state index is -0.935. The van der Waals surface area contributed by atoms with Crippen LogP contribution >= 0.6 is 11.3 Å². The molecule has 0 bridgehead atoms. The number of amides is 1. The molecule has 1 aliphatic carbocycles. The van der Waals surface area contributed by atoms with Crippen molar-refractivity contribution in [2.24, 2.45) is 0 Å². The van der Waals surface area contributed by atoms with E-state index in [0.717, 1.165) is 16.3 Å². The first-order valence-corrected chi connectivity index (χ1v) is 8.86. The molecule has 2 aromatic rings. The van der Waals surface area contributed by atoms with Crippen LogP contribution in [0.1, 0.15) is 28.8 Å². The zero-order valence-electron chi connectivity index (χ0n) is 14.0. The Hall–Kier alpha value is -2.84. The van der Waals surface area contributed by atoms with Crippen LogP contribution in [0.4, 0.5) is 5.69 Å². The van der Waals surface area contributed by atoms with Crippen LogP contribution in [-0.4, -0.2) is 27.5 Å². The number of aromatic nitrogens is 1. The molecule has 0 spiro atoms. The average molecular weight is 371 g/mol. The van der Waals surface area contributed by atoms with Gasteiger partial charge in [0.2, 0.25) is 5.91 Å². The van der Waals surface area contributed by atoms with Gasteiger partial charge in [-0.15, -0.1) is 11.3 Å². The van der Waals surface area contributed by atoms with Gasteiger partial charge in [0, 0.05) is 29.6 Å². The van der Waals surface area contributed by atoms with Gasteiger partial charge in [-0.1, -0.05) is 6.08 Å². The zero-order chi connectivity index (χ0) is 18.7. The number of nitrogens with zero attached hydrogens (tertiary/aromatic N) is 2. The van der Waals surface area contributed by atoms with E-state index in [-0.39, 0.29) is 18.1 Å². The largest absolute Gasteiger partial charge is 0.387 e. The summed E-state index contributed by atoms with van der Waals surface area (Å²) in [5.41, 5.74) is 2.86. The molecule has 0 aliphatic heterocycles. The topological polar surface area (TPSA) is 105 Å². The van der Waals surface area contributed by atoms with Crippen molar-refractivity contribution in [2.45, 2.75) is 19.4 Å². The Morgan fingerprint density at radius 2 is 2.15 bits per heavy atom. The number of benzene rings is 1. The van der Waals surface area contributed by atoms with Crippen LogP contribution < -0.4 is 5.32 Å². The van der Waals surface area contributed by atoms with Crippen LogP contribution in [-0.2, 0) is 4.79 Å². The quantitative estimate of drug-likeness (QED) is 0.600. The molecule has 0 saturated carbocycles. The highest BCUT2D eigenvalue weighted by Crippen LogP contribution is 2.27. The number of carbonyl (C=O) groups is 1. The molecule has 1 aromatic heterocycles. The molecular formula is C18H17N3O4S. The number of nitro benzene ring substituents is 1. The Kier molecular flexibility index (Phi) is 5.24. The van der Waals surface area contributed by atoms with Crippen LogP contribution in [0.3, 0.4) is 0 Å². The van der Waals surface area contributed by atoms with E-state index in [1.165, 1.54) is 24.3 Å². The molecule has 3 rings (SSSR count). The van der Waals surface area contributed by atoms with Gasteiger partial charge in [0.25, 0.3) is 5.69 Å². The minimum absolute atomic E-state index is 0.0269. The SMILES string of the molecule is Cc1nc(C2=CCC(C(=O)NCC(O)c3ccc([N+](=O)[O-])cc3)=C2)cs1. The normalized spacial score (nSPS) is 14.5. The first-order chi connectivity index (χ1) is 12.4. The number of aliphatic hydroxyl groups is 1. The smallest absolute Gasteiger partial charge is 0.269 e. The van der Waals surface area contributed by atoms with Gasteiger partial charge in [-0.2, -0.15) is 0 Å². The average Bonchev–Trinajstić information content (AvgIpc) is 3.28. The number of aliphatic hydroxyl groups excluding tert-OH is 1. The number of nitrogens with one attached hydrogen (secondary N) is 1. The summed E-state index contributed by atoms with van der Waals surface area (Å²) in [6, 6.07) is 5.61. The predicted octanol–water partition coefficient (Wildman–Crippen LogP) is 2.92. The molecule has 1 atom stereocenters. The summed E-state index contributed by atoms with van der Waals surface area (Å²) < 4.78 is 0. The molecule has 0 saturated heterocycles. The molecular weight excluding hydrogens is 354 g/mol. The fourth-order valence-corrected chi connectivity index (χ4v) is 3.22. The van der Waals surface area contributed by atoms with Crippen LogP contribution in [0.2, 0.25) is 0 Å². The van der Waals surface area contributed by atoms with Crippen molar-refractivity contribution < 1.29 is 14.8 Å². The van der Waals surface area contributed by atoms with E-state index in [2.05, 4.69) is 10.3 Å². The van der Waals surface area contributed by atoms with Gasteiger partial charge in [-0.25, -0.2) is 4.98 Å². The van der Waals surface area contributed by atoms with Gasteiger partial charge in [-0.3, -0.25) is 14.9 Å². The maximum atomic E-state index is 12.3. The van der Waals surface area contributed by atoms with E-state index in [4.69, 9.17) is 0 Å². The van der Waals surface area contributed by atoms with Crippen LogP contribution in [0, 0.1) is 17.0 Å². The lowest BCUT2D eigenvalue weighted by atomic mass is 10.1. The summed E-state index contributed by atoms with van der Waals surface area (Å²) in [4.78, 5) is 26.8. The first kappa shape index (κ1) is 18.0. The molecule has 1 aromatic carbocycles. The van der Waals surface area contributed by atoms with Crippen molar-refractivity contribution in [2.75, 3.05) is 6.54 Å². The molecule has 26 heavy (non-hydrogen) atoms. The predicted molar refractivity (Wildman–Crippen MR) is 98.6 cm³/mol. The number of carbonyl (C=O) groups excluding carboxylic acids is 1. The Morgan fingerprint density at radius 3 is 2.77 bits per heavy atom. The number of thiazole rings is 1. The number of rotatable bonds is 6. The van der Waals surface area contributed by atoms with E-state index >= 15 is 0 Å². The number of aryl methyl sites for hydroxylation is 1. The molecule has 2 N–H and O–H groups in total. The molecule has 1 aliphatic rings. The highest BCUT2D eigenvalue weighted by atomic mass is 32.1. The Morgan fingerprint density at radius 1 is 1.42 bits per heavy atom. The summed E-state index contributed by atoms with van der Waals surface area (Å²) in [5.74, 6) is -0.246. The van der Waals surface area contributed by atoms with Crippen molar-refractivity contribution in [3.8, 4) is 0 Å². The van der Waals surface area contributed by atoms with Gasteiger partial charge < -0.3 is 10.4 Å². The monoisotopic (exact) mass is 371 g/mol. The Balaban J connectivity index is 1.56. The number of hydrogen-bond acceptors (Lipinski definition) is 6. The van der Waals surface area contributed by atoms with Crippen molar-refractivity contribution >= 4 is 28.5 Å². The van der Waals surface area contributed by atoms with E-state index in [1.54, 1.807) is 11.3 Å². The lowest BCUT2D eigenvalue weighted by Crippen LogP contribution is -2.29. The van der Waals surface area contributed by atoms with E-state index < -0.39 is 11.0 Å². The molecule has 1 unspecified atom stereocenters. The summed E-state index contributed by atoms with van der Waals surface area (Å²) in [6.07, 6.45) is 3.35. The van der Waals surface area contributed by atoms with E-state index in [9.17, 15) is 20.0 Å². The maximum absolute atomic E-state index is 12.3. The highest BCUT2D eigenvalue weighted by Gasteiger charge is 2.18. The molecule has 0 radical (unpaired) electrons. The van der Waals surface area contributed by atoms with Crippen molar-refractivity contribution in [3.05, 3.63) is 73.7 Å². The lowest BCUT2D eigenvalue weighted by Gasteiger charge is -2.12. The van der Waals surface area contributed by atoms with Crippen molar-refractivity contribution in [3.63, 3.8) is 0 Å². The fraction of sp³-hybridized carbons (Fsp3) is 0.222. The lowest BCUT2D eigenvalue weighted by molar-refractivity contribution is -0.384. The number of non-ortho nitro benzene ring substituents is 1. The van der Waals surface area contributed by atoms with Crippen molar-refractivity contribution in [1.82, 2.24) is 10.3 Å². The van der Waals surface area contributed by atoms with Gasteiger partial charge in [0.15, 0.2) is 0 Å². The fourth-order valence-electron chi connectivity index (χ4n) is 2.60. The summed E-state index contributed by atoms with van der Waals surface area (Å²) >= 11 is 1.56. The third kappa shape index (κ3) is 4.04. The van der Waals surface area contributed by atoms with Crippen LogP contribution in [0.15, 0.2) is 47.4 Å². The molecule has 1 amide bonds. The third-order valence-corrected chi connectivity index (χ3v) is 4.80. The Labute approximate surface area is 153 Å². The second-order valence-corrected chi connectivity index (χ2v) is 6.92. The molecule has 8 heteroatoms. The molecule has 1 heterocycles. The number of hydrogen-bond donors (Lipinski definition) is 2.